The molecule has 2 heterocycles. The maximum Gasteiger partial charge on any atom is 0.433 e. The molecule has 8 nitrogen and oxygen atoms in total. The third kappa shape index (κ3) is 3.70. The molecule has 1 aliphatic heterocycles. The van der Waals surface area contributed by atoms with Crippen LogP contribution >= 0.6 is 11.6 Å². The lowest BCUT2D eigenvalue weighted by Gasteiger charge is -2.31. The minimum atomic E-state index is -0.782. The van der Waals surface area contributed by atoms with Crippen molar-refractivity contribution in [3.05, 3.63) is 57.3 Å². The summed E-state index contributed by atoms with van der Waals surface area (Å²) in [5.41, 5.74) is 0.275. The van der Waals surface area contributed by atoms with Crippen LogP contribution in [0.3, 0.4) is 0 Å². The summed E-state index contributed by atoms with van der Waals surface area (Å²) in [6, 6.07) is 8.05. The van der Waals surface area contributed by atoms with Crippen molar-refractivity contribution in [3.8, 4) is 0 Å². The number of piperidine rings is 1. The third-order valence-electron chi connectivity index (χ3n) is 4.07. The summed E-state index contributed by atoms with van der Waals surface area (Å²) in [6.45, 7) is 1.09. The van der Waals surface area contributed by atoms with Gasteiger partial charge in [-0.15, -0.1) is 0 Å². The quantitative estimate of drug-likeness (QED) is 0.592. The molecule has 1 fully saturated rings. The van der Waals surface area contributed by atoms with E-state index in [0.717, 1.165) is 30.2 Å². The fourth-order valence-electron chi connectivity index (χ4n) is 2.81. The van der Waals surface area contributed by atoms with Crippen LogP contribution in [0, 0.1) is 10.1 Å². The second-order valence-corrected chi connectivity index (χ2v) is 6.28. The number of rotatable bonds is 3. The number of nitro groups is 1. The van der Waals surface area contributed by atoms with Gasteiger partial charge in [0, 0.05) is 18.1 Å². The number of likely N-dealkylation sites (tertiary alicyclic amines) is 1. The molecule has 2 aromatic rings. The highest BCUT2D eigenvalue weighted by molar-refractivity contribution is 6.31. The minimum absolute atomic E-state index is 0.275. The largest absolute Gasteiger partial charge is 0.433 e. The number of hydrogen-bond acceptors (Lipinski definition) is 5. The van der Waals surface area contributed by atoms with Gasteiger partial charge in [-0.1, -0.05) is 17.7 Å². The Morgan fingerprint density at radius 3 is 2.50 bits per heavy atom. The normalized spacial score (nSPS) is 14.1. The summed E-state index contributed by atoms with van der Waals surface area (Å²) >= 11 is 6.00. The van der Waals surface area contributed by atoms with Gasteiger partial charge in [-0.05, 0) is 43.5 Å². The minimum Gasteiger partial charge on any atom is -0.395 e. The molecular formula is C17H16ClN3O5. The van der Waals surface area contributed by atoms with Crippen LogP contribution in [0.1, 0.15) is 29.8 Å². The Balaban J connectivity index is 1.97. The van der Waals surface area contributed by atoms with Crippen molar-refractivity contribution in [3.63, 3.8) is 0 Å². The average molecular weight is 378 g/mol. The zero-order valence-electron chi connectivity index (χ0n) is 13.8. The molecule has 0 unspecified atom stereocenters. The maximum absolute atomic E-state index is 13.0. The van der Waals surface area contributed by atoms with Crippen molar-refractivity contribution in [1.82, 2.24) is 4.90 Å². The molecule has 0 N–H and O–H groups in total. The van der Waals surface area contributed by atoms with Crippen LogP contribution in [0.25, 0.3) is 0 Å². The number of carbonyl (C=O) groups excluding carboxylic acids is 2. The second kappa shape index (κ2) is 7.57. The van der Waals surface area contributed by atoms with E-state index in [1.165, 1.54) is 12.1 Å². The van der Waals surface area contributed by atoms with E-state index in [1.54, 1.807) is 23.1 Å². The van der Waals surface area contributed by atoms with Crippen LogP contribution in [-0.4, -0.2) is 34.9 Å². The molecule has 3 rings (SSSR count). The van der Waals surface area contributed by atoms with Crippen molar-refractivity contribution in [1.29, 1.82) is 0 Å². The number of amides is 3. The number of nitrogens with zero attached hydrogens (tertiary/aromatic N) is 3. The molecule has 0 bridgehead atoms. The molecule has 0 spiro atoms. The van der Waals surface area contributed by atoms with Gasteiger partial charge in [0.2, 0.25) is 0 Å². The lowest BCUT2D eigenvalue weighted by Crippen LogP contribution is -2.48. The summed E-state index contributed by atoms with van der Waals surface area (Å²) in [6.07, 6.45) is 2.74. The molecule has 1 aromatic heterocycles. The van der Waals surface area contributed by atoms with Gasteiger partial charge in [0.15, 0.2) is 5.76 Å². The average Bonchev–Trinajstić information content (AvgIpc) is 3.13. The van der Waals surface area contributed by atoms with E-state index < -0.39 is 22.7 Å². The molecule has 9 heteroatoms. The van der Waals surface area contributed by atoms with Crippen molar-refractivity contribution in [2.75, 3.05) is 18.0 Å². The number of urea groups is 1. The van der Waals surface area contributed by atoms with Crippen molar-refractivity contribution in [2.45, 2.75) is 19.3 Å². The molecular weight excluding hydrogens is 362 g/mol. The Morgan fingerprint density at radius 1 is 1.15 bits per heavy atom. The fraction of sp³-hybridized carbons (Fsp3) is 0.294. The Kier molecular flexibility index (Phi) is 5.22. The van der Waals surface area contributed by atoms with Gasteiger partial charge in [-0.2, -0.15) is 0 Å². The number of halogens is 1. The lowest BCUT2D eigenvalue weighted by molar-refractivity contribution is -0.402. The van der Waals surface area contributed by atoms with Gasteiger partial charge in [0.25, 0.3) is 0 Å². The van der Waals surface area contributed by atoms with Crippen LogP contribution in [-0.2, 0) is 0 Å². The third-order valence-corrected chi connectivity index (χ3v) is 4.30. The lowest BCUT2D eigenvalue weighted by atomic mass is 10.1. The molecule has 1 saturated heterocycles. The smallest absolute Gasteiger partial charge is 0.395 e. The monoisotopic (exact) mass is 377 g/mol. The molecule has 0 atom stereocenters. The molecule has 1 aromatic carbocycles. The summed E-state index contributed by atoms with van der Waals surface area (Å²) < 4.78 is 4.98. The van der Waals surface area contributed by atoms with E-state index in [0.29, 0.717) is 18.1 Å². The predicted octanol–water partition coefficient (Wildman–Crippen LogP) is 4.09. The van der Waals surface area contributed by atoms with Crippen molar-refractivity contribution in [2.24, 2.45) is 0 Å². The van der Waals surface area contributed by atoms with Crippen molar-refractivity contribution < 1.29 is 18.9 Å². The number of benzene rings is 1. The highest BCUT2D eigenvalue weighted by atomic mass is 35.5. The first-order valence-electron chi connectivity index (χ1n) is 8.10. The van der Waals surface area contributed by atoms with E-state index in [2.05, 4.69) is 0 Å². The first-order valence-corrected chi connectivity index (χ1v) is 8.48. The van der Waals surface area contributed by atoms with E-state index in [-0.39, 0.29) is 11.4 Å². The number of carbonyl (C=O) groups is 2. The van der Waals surface area contributed by atoms with Gasteiger partial charge in [-0.25, -0.2) is 9.69 Å². The molecule has 1 aliphatic rings. The van der Waals surface area contributed by atoms with E-state index >= 15 is 0 Å². The number of anilines is 1. The van der Waals surface area contributed by atoms with Crippen LogP contribution in [0.4, 0.5) is 16.4 Å². The zero-order valence-corrected chi connectivity index (χ0v) is 14.5. The van der Waals surface area contributed by atoms with Gasteiger partial charge < -0.3 is 9.32 Å². The zero-order chi connectivity index (χ0) is 18.7. The standard InChI is InChI=1S/C17H16ClN3O5/c18-12-5-4-6-13(11-12)20(17(23)19-9-2-1-3-10-19)16(22)14-7-8-15(26-14)21(24)25/h4-8,11H,1-3,9-10H2. The SMILES string of the molecule is O=C(c1ccc([N+](=O)[O-])o1)N(C(=O)N1CCCCC1)c1cccc(Cl)c1. The summed E-state index contributed by atoms with van der Waals surface area (Å²) in [7, 11) is 0. The van der Waals surface area contributed by atoms with Gasteiger partial charge in [-0.3, -0.25) is 14.9 Å². The number of furan rings is 1. The predicted molar refractivity (Wildman–Crippen MR) is 94.4 cm³/mol. The molecule has 3 amide bonds. The fourth-order valence-corrected chi connectivity index (χ4v) is 2.99. The van der Waals surface area contributed by atoms with Gasteiger partial charge >= 0.3 is 17.8 Å². The summed E-state index contributed by atoms with van der Waals surface area (Å²) in [4.78, 5) is 38.5. The second-order valence-electron chi connectivity index (χ2n) is 5.85. The van der Waals surface area contributed by atoms with E-state index in [9.17, 15) is 19.7 Å². The van der Waals surface area contributed by atoms with E-state index in [1.807, 2.05) is 0 Å². The Morgan fingerprint density at radius 2 is 1.88 bits per heavy atom. The van der Waals surface area contributed by atoms with Crippen LogP contribution in [0.15, 0.2) is 40.8 Å². The first kappa shape index (κ1) is 17.9. The Labute approximate surface area is 154 Å². The van der Waals surface area contributed by atoms with Crippen LogP contribution < -0.4 is 4.90 Å². The van der Waals surface area contributed by atoms with Gasteiger partial charge in [0.1, 0.15) is 4.92 Å². The van der Waals surface area contributed by atoms with E-state index in [4.69, 9.17) is 16.0 Å². The molecule has 136 valence electrons. The molecule has 26 heavy (non-hydrogen) atoms. The van der Waals surface area contributed by atoms with Crippen LogP contribution in [0.2, 0.25) is 5.02 Å². The van der Waals surface area contributed by atoms with Crippen molar-refractivity contribution >= 4 is 35.1 Å². The number of imide groups is 1. The number of hydrogen-bond donors (Lipinski definition) is 0. The van der Waals surface area contributed by atoms with Crippen LogP contribution in [0.5, 0.6) is 0 Å². The molecule has 0 saturated carbocycles. The molecule has 0 radical (unpaired) electrons. The first-order chi connectivity index (χ1) is 12.5. The highest BCUT2D eigenvalue weighted by Gasteiger charge is 2.32. The Bertz CT molecular complexity index is 844. The maximum atomic E-state index is 13.0. The topological polar surface area (TPSA) is 96.9 Å². The highest BCUT2D eigenvalue weighted by Crippen LogP contribution is 2.26. The summed E-state index contributed by atoms with van der Waals surface area (Å²) in [5.74, 6) is -1.64. The molecule has 0 aliphatic carbocycles. The Hall–Kier alpha value is -2.87. The summed E-state index contributed by atoms with van der Waals surface area (Å²) in [5, 5.41) is 11.2. The van der Waals surface area contributed by atoms with Gasteiger partial charge in [0.05, 0.1) is 11.8 Å².